The minimum Gasteiger partial charge on any atom is -0.392 e. The summed E-state index contributed by atoms with van der Waals surface area (Å²) in [5.41, 5.74) is 3.81. The van der Waals surface area contributed by atoms with Gasteiger partial charge in [-0.3, -0.25) is 9.59 Å². The van der Waals surface area contributed by atoms with Crippen LogP contribution in [0, 0.1) is 0 Å². The number of thioether (sulfide) groups is 1. The van der Waals surface area contributed by atoms with Gasteiger partial charge in [-0.25, -0.2) is 9.88 Å². The van der Waals surface area contributed by atoms with Gasteiger partial charge in [-0.1, -0.05) is 54.6 Å². The number of rotatable bonds is 7. The Morgan fingerprint density at radius 3 is 2.28 bits per heavy atom. The molecular weight excluding hydrogens is 512 g/mol. The molecule has 3 aromatic carbocycles. The molecule has 1 N–H and O–H groups in total. The van der Waals surface area contributed by atoms with E-state index in [1.807, 2.05) is 48.5 Å². The van der Waals surface area contributed by atoms with Gasteiger partial charge < -0.3 is 14.6 Å². The molecule has 0 saturated carbocycles. The fourth-order valence-electron chi connectivity index (χ4n) is 4.87. The van der Waals surface area contributed by atoms with Gasteiger partial charge in [0.25, 0.3) is 11.8 Å². The highest BCUT2D eigenvalue weighted by Gasteiger charge is 2.37. The molecule has 196 valence electrons. The van der Waals surface area contributed by atoms with Crippen LogP contribution in [0.5, 0.6) is 0 Å². The number of carbonyl (C=O) groups is 2. The molecule has 6 rings (SSSR count). The van der Waals surface area contributed by atoms with Crippen LogP contribution < -0.4 is 4.90 Å². The van der Waals surface area contributed by atoms with Gasteiger partial charge in [-0.05, 0) is 47.5 Å². The summed E-state index contributed by atoms with van der Waals surface area (Å²) in [5.74, 6) is -0.00496. The van der Waals surface area contributed by atoms with E-state index in [1.165, 1.54) is 4.90 Å². The normalized spacial score (nSPS) is 20.7. The molecule has 2 amide bonds. The van der Waals surface area contributed by atoms with E-state index >= 15 is 0 Å². The first-order valence-electron chi connectivity index (χ1n) is 12.7. The minimum absolute atomic E-state index is 0.0223. The van der Waals surface area contributed by atoms with Crippen molar-refractivity contribution in [2.24, 2.45) is 0 Å². The topological polar surface area (TPSA) is 89.0 Å². The van der Waals surface area contributed by atoms with Crippen LogP contribution in [0.15, 0.2) is 102 Å². The van der Waals surface area contributed by atoms with Gasteiger partial charge in [-0.2, -0.15) is 0 Å². The van der Waals surface area contributed by atoms with Gasteiger partial charge in [-0.15, -0.1) is 11.8 Å². The molecule has 1 fully saturated rings. The molecule has 2 aliphatic heterocycles. The van der Waals surface area contributed by atoms with E-state index in [0.717, 1.165) is 16.2 Å². The second kappa shape index (κ2) is 11.1. The molecule has 2 aliphatic rings. The summed E-state index contributed by atoms with van der Waals surface area (Å²) in [6.45, 7) is -0.0223. The third-order valence-electron chi connectivity index (χ3n) is 6.86. The molecule has 8 heteroatoms. The summed E-state index contributed by atoms with van der Waals surface area (Å²) in [6, 6.07) is 27.6. The van der Waals surface area contributed by atoms with Crippen molar-refractivity contribution in [3.63, 3.8) is 0 Å². The number of imide groups is 1. The monoisotopic (exact) mass is 538 g/mol. The predicted molar refractivity (Wildman–Crippen MR) is 147 cm³/mol. The van der Waals surface area contributed by atoms with Crippen LogP contribution in [0.2, 0.25) is 0 Å². The second-order valence-corrected chi connectivity index (χ2v) is 10.5. The average molecular weight is 539 g/mol. The number of hydrogen-bond donors (Lipinski definition) is 1. The largest absolute Gasteiger partial charge is 0.392 e. The lowest BCUT2D eigenvalue weighted by molar-refractivity contribution is -0.245. The van der Waals surface area contributed by atoms with Crippen LogP contribution in [0.1, 0.15) is 56.2 Å². The molecular formula is C31H26N2O5S. The Labute approximate surface area is 230 Å². The summed E-state index contributed by atoms with van der Waals surface area (Å²) in [5, 5.41) is 10.4. The number of fused-ring (bicyclic) bond motifs is 1. The Balaban J connectivity index is 1.27. The zero-order chi connectivity index (χ0) is 26.8. The predicted octanol–water partition coefficient (Wildman–Crippen LogP) is 5.71. The van der Waals surface area contributed by atoms with Gasteiger partial charge in [0.1, 0.15) is 0 Å². The summed E-state index contributed by atoms with van der Waals surface area (Å²) >= 11 is 1.62. The molecule has 0 unspecified atom stereocenters. The summed E-state index contributed by atoms with van der Waals surface area (Å²) in [4.78, 5) is 31.8. The van der Waals surface area contributed by atoms with E-state index in [-0.39, 0.29) is 30.6 Å². The Kier molecular flexibility index (Phi) is 7.26. The third-order valence-corrected chi connectivity index (χ3v) is 7.94. The molecule has 1 aromatic heterocycles. The second-order valence-electron chi connectivity index (χ2n) is 9.42. The molecule has 0 spiro atoms. The fraction of sp³-hybridized carbons (Fsp3) is 0.194. The van der Waals surface area contributed by atoms with Crippen LogP contribution in [0.4, 0.5) is 5.69 Å². The van der Waals surface area contributed by atoms with Crippen molar-refractivity contribution in [2.75, 3.05) is 10.7 Å². The lowest BCUT2D eigenvalue weighted by Crippen LogP contribution is -2.32. The highest BCUT2D eigenvalue weighted by Crippen LogP contribution is 2.40. The van der Waals surface area contributed by atoms with E-state index < -0.39 is 6.29 Å². The molecule has 3 atom stereocenters. The molecule has 0 radical (unpaired) electrons. The lowest BCUT2D eigenvalue weighted by Gasteiger charge is -2.36. The number of nitrogens with zero attached hydrogens (tertiary/aromatic N) is 2. The Bertz CT molecular complexity index is 1460. The van der Waals surface area contributed by atoms with Crippen molar-refractivity contribution in [3.8, 4) is 0 Å². The molecule has 3 heterocycles. The number of benzene rings is 3. The van der Waals surface area contributed by atoms with Crippen LogP contribution in [-0.2, 0) is 16.1 Å². The first-order chi connectivity index (χ1) is 19.1. The summed E-state index contributed by atoms with van der Waals surface area (Å²) in [6.07, 6.45) is 1.33. The van der Waals surface area contributed by atoms with E-state index in [0.29, 0.717) is 34.6 Å². The maximum absolute atomic E-state index is 13.1. The molecule has 1 saturated heterocycles. The van der Waals surface area contributed by atoms with E-state index in [9.17, 15) is 14.7 Å². The molecule has 39 heavy (non-hydrogen) atoms. The Hall–Kier alpha value is -3.82. The number of carbonyl (C=O) groups excluding carboxylic acids is 2. The summed E-state index contributed by atoms with van der Waals surface area (Å²) < 4.78 is 12.9. The standard InChI is InChI=1S/C31H26N2O5S/c34-18-20-11-13-21(14-12-20)27-17-24(19-39-28-10-3-4-15-32-28)37-31(38-27)22-6-5-7-23(16-22)33-29(35)25-8-1-2-9-26(25)30(33)36/h1-16,24,27,31,34H,17-19H2/t24-,27+,31+/m1/s1. The SMILES string of the molecule is O=C1c2ccccc2C(=O)N1c1cccc([C@H]2O[C@@H](CSc3ccccn3)C[C@@H](c3ccc(CO)cc3)O2)c1. The van der Waals surface area contributed by atoms with E-state index in [1.54, 1.807) is 60.4 Å². The molecule has 4 aromatic rings. The van der Waals surface area contributed by atoms with E-state index in [4.69, 9.17) is 9.47 Å². The van der Waals surface area contributed by atoms with Gasteiger partial charge in [0.05, 0.1) is 40.7 Å². The Morgan fingerprint density at radius 2 is 1.59 bits per heavy atom. The van der Waals surface area contributed by atoms with Crippen molar-refractivity contribution in [1.29, 1.82) is 0 Å². The first kappa shape index (κ1) is 25.5. The fourth-order valence-corrected chi connectivity index (χ4v) is 5.75. The molecule has 0 aliphatic carbocycles. The zero-order valence-corrected chi connectivity index (χ0v) is 21.8. The van der Waals surface area contributed by atoms with Crippen LogP contribution >= 0.6 is 11.8 Å². The first-order valence-corrected chi connectivity index (χ1v) is 13.7. The van der Waals surface area contributed by atoms with Crippen LogP contribution in [0.25, 0.3) is 0 Å². The minimum atomic E-state index is -0.703. The molecule has 7 nitrogen and oxygen atoms in total. The van der Waals surface area contributed by atoms with Crippen molar-refractivity contribution in [1.82, 2.24) is 4.98 Å². The summed E-state index contributed by atoms with van der Waals surface area (Å²) in [7, 11) is 0. The maximum Gasteiger partial charge on any atom is 0.266 e. The maximum atomic E-state index is 13.1. The highest BCUT2D eigenvalue weighted by atomic mass is 32.2. The number of aliphatic hydroxyl groups is 1. The number of aliphatic hydroxyl groups excluding tert-OH is 1. The van der Waals surface area contributed by atoms with Gasteiger partial charge in [0.2, 0.25) is 0 Å². The van der Waals surface area contributed by atoms with Crippen molar-refractivity contribution >= 4 is 29.3 Å². The van der Waals surface area contributed by atoms with Crippen LogP contribution in [0.3, 0.4) is 0 Å². The molecule has 0 bridgehead atoms. The van der Waals surface area contributed by atoms with Crippen molar-refractivity contribution in [3.05, 3.63) is 125 Å². The average Bonchev–Trinajstić information content (AvgIpc) is 3.26. The van der Waals surface area contributed by atoms with Crippen LogP contribution in [-0.4, -0.2) is 33.8 Å². The number of aromatic nitrogens is 1. The number of hydrogen-bond acceptors (Lipinski definition) is 7. The van der Waals surface area contributed by atoms with Gasteiger partial charge in [0, 0.05) is 23.9 Å². The zero-order valence-electron chi connectivity index (χ0n) is 21.0. The quantitative estimate of drug-likeness (QED) is 0.238. The number of anilines is 1. The van der Waals surface area contributed by atoms with Crippen molar-refractivity contribution in [2.45, 2.75) is 36.6 Å². The number of amides is 2. The van der Waals surface area contributed by atoms with Gasteiger partial charge in [0.15, 0.2) is 6.29 Å². The third kappa shape index (κ3) is 5.24. The van der Waals surface area contributed by atoms with Gasteiger partial charge >= 0.3 is 0 Å². The smallest absolute Gasteiger partial charge is 0.266 e. The number of ether oxygens (including phenoxy) is 2. The number of pyridine rings is 1. The van der Waals surface area contributed by atoms with Crippen molar-refractivity contribution < 1.29 is 24.2 Å². The van der Waals surface area contributed by atoms with E-state index in [2.05, 4.69) is 4.98 Å². The highest BCUT2D eigenvalue weighted by molar-refractivity contribution is 7.99. The Morgan fingerprint density at radius 1 is 0.846 bits per heavy atom. The lowest BCUT2D eigenvalue weighted by atomic mass is 10.0.